The predicted molar refractivity (Wildman–Crippen MR) is 128 cm³/mol. The Morgan fingerprint density at radius 2 is 1.85 bits per heavy atom. The van der Waals surface area contributed by atoms with Gasteiger partial charge in [-0.2, -0.15) is 4.31 Å². The molecule has 176 valence electrons. The molecule has 0 atom stereocenters. The summed E-state index contributed by atoms with van der Waals surface area (Å²) in [6.45, 7) is 5.50. The van der Waals surface area contributed by atoms with Gasteiger partial charge in [-0.3, -0.25) is 14.2 Å². The summed E-state index contributed by atoms with van der Waals surface area (Å²) in [5.74, 6) is 0.465. The molecule has 2 heterocycles. The van der Waals surface area contributed by atoms with Crippen molar-refractivity contribution in [1.82, 2.24) is 13.8 Å². The molecule has 8 nitrogen and oxygen atoms in total. The summed E-state index contributed by atoms with van der Waals surface area (Å²) in [7, 11) is -3.72. The number of sulfonamides is 1. The van der Waals surface area contributed by atoms with Crippen molar-refractivity contribution in [3.8, 4) is 5.75 Å². The molecule has 4 rings (SSSR count). The molecular weight excluding hydrogens is 462 g/mol. The average Bonchev–Trinajstić information content (AvgIpc) is 3.12. The van der Waals surface area contributed by atoms with E-state index in [0.717, 1.165) is 28.8 Å². The van der Waals surface area contributed by atoms with Gasteiger partial charge in [-0.25, -0.2) is 8.42 Å². The Bertz CT molecular complexity index is 1320. The van der Waals surface area contributed by atoms with Gasteiger partial charge in [0, 0.05) is 32.7 Å². The number of hydrogen-bond acceptors (Lipinski definition) is 6. The van der Waals surface area contributed by atoms with Crippen molar-refractivity contribution in [2.24, 2.45) is 0 Å². The molecule has 3 aromatic rings. The molecule has 33 heavy (non-hydrogen) atoms. The molecule has 1 saturated heterocycles. The minimum atomic E-state index is -3.72. The van der Waals surface area contributed by atoms with Crippen LogP contribution in [0.15, 0.2) is 52.2 Å². The average molecular weight is 490 g/mol. The zero-order chi connectivity index (χ0) is 23.6. The minimum absolute atomic E-state index is 0.0820. The van der Waals surface area contributed by atoms with E-state index >= 15 is 0 Å². The fraction of sp³-hybridized carbons (Fsp3) is 0.391. The van der Waals surface area contributed by atoms with Crippen LogP contribution in [0.5, 0.6) is 5.75 Å². The Hall–Kier alpha value is -2.69. The third-order valence-corrected chi connectivity index (χ3v) is 8.50. The van der Waals surface area contributed by atoms with Crippen LogP contribution < -0.4 is 9.61 Å². The van der Waals surface area contributed by atoms with Gasteiger partial charge in [0.2, 0.25) is 10.0 Å². The van der Waals surface area contributed by atoms with Gasteiger partial charge >= 0.3 is 4.87 Å². The van der Waals surface area contributed by atoms with E-state index in [1.165, 1.54) is 4.31 Å². The van der Waals surface area contributed by atoms with Crippen LogP contribution in [0.4, 0.5) is 0 Å². The molecular formula is C23H27N3O5S2. The summed E-state index contributed by atoms with van der Waals surface area (Å²) >= 11 is 1.06. The van der Waals surface area contributed by atoms with Gasteiger partial charge in [-0.05, 0) is 49.2 Å². The molecule has 0 saturated carbocycles. The topological polar surface area (TPSA) is 88.9 Å². The van der Waals surface area contributed by atoms with E-state index in [-0.39, 0.29) is 35.4 Å². The minimum Gasteiger partial charge on any atom is -0.484 e. The molecule has 2 aromatic carbocycles. The Balaban J connectivity index is 1.40. The zero-order valence-corrected chi connectivity index (χ0v) is 20.3. The van der Waals surface area contributed by atoms with Crippen LogP contribution in [-0.2, 0) is 21.4 Å². The second-order valence-electron chi connectivity index (χ2n) is 8.04. The largest absolute Gasteiger partial charge is 0.484 e. The lowest BCUT2D eigenvalue weighted by Crippen LogP contribution is -2.51. The van der Waals surface area contributed by atoms with Gasteiger partial charge in [0.25, 0.3) is 5.91 Å². The van der Waals surface area contributed by atoms with E-state index < -0.39 is 10.0 Å². The molecule has 1 aliphatic heterocycles. The maximum atomic E-state index is 13.2. The number of amides is 1. The Labute approximate surface area is 197 Å². The quantitative estimate of drug-likeness (QED) is 0.509. The second kappa shape index (κ2) is 9.66. The molecule has 1 aromatic heterocycles. The Kier molecular flexibility index (Phi) is 6.87. The highest BCUT2D eigenvalue weighted by Crippen LogP contribution is 2.25. The van der Waals surface area contributed by atoms with Crippen LogP contribution in [0.1, 0.15) is 18.9 Å². The number of ether oxygens (including phenoxy) is 1. The molecule has 0 bridgehead atoms. The van der Waals surface area contributed by atoms with E-state index in [0.29, 0.717) is 30.1 Å². The molecule has 0 N–H and O–H groups in total. The van der Waals surface area contributed by atoms with Gasteiger partial charge < -0.3 is 9.64 Å². The molecule has 0 aliphatic carbocycles. The number of nitrogens with zero attached hydrogens (tertiary/aromatic N) is 3. The van der Waals surface area contributed by atoms with E-state index in [2.05, 4.69) is 0 Å². The molecule has 0 radical (unpaired) electrons. The number of benzene rings is 2. The van der Waals surface area contributed by atoms with Crippen molar-refractivity contribution in [3.05, 3.63) is 57.7 Å². The van der Waals surface area contributed by atoms with Crippen LogP contribution >= 0.6 is 11.3 Å². The molecule has 0 unspecified atom stereocenters. The number of fused-ring (bicyclic) bond motifs is 1. The number of rotatable bonds is 7. The van der Waals surface area contributed by atoms with E-state index in [9.17, 15) is 18.0 Å². The first-order valence-electron chi connectivity index (χ1n) is 10.9. The molecule has 1 fully saturated rings. The third kappa shape index (κ3) is 4.97. The summed E-state index contributed by atoms with van der Waals surface area (Å²) < 4.78 is 35.7. The first-order valence-corrected chi connectivity index (χ1v) is 13.2. The SMILES string of the molecule is CCCn1c(=O)sc2cc(S(=O)(=O)N3CCN(C(=O)COc4cccc(C)c4)CC3)ccc21. The lowest BCUT2D eigenvalue weighted by molar-refractivity contribution is -0.134. The van der Waals surface area contributed by atoms with Crippen molar-refractivity contribution in [1.29, 1.82) is 0 Å². The number of carbonyl (C=O) groups is 1. The lowest BCUT2D eigenvalue weighted by atomic mass is 10.2. The number of piperazine rings is 1. The Morgan fingerprint density at radius 1 is 1.09 bits per heavy atom. The predicted octanol–water partition coefficient (Wildman–Crippen LogP) is 2.69. The van der Waals surface area contributed by atoms with Gasteiger partial charge in [-0.1, -0.05) is 30.4 Å². The summed E-state index contributed by atoms with van der Waals surface area (Å²) in [6, 6.07) is 12.3. The van der Waals surface area contributed by atoms with Gasteiger partial charge in [-0.15, -0.1) is 0 Å². The van der Waals surface area contributed by atoms with E-state index in [4.69, 9.17) is 4.74 Å². The van der Waals surface area contributed by atoms with Crippen molar-refractivity contribution in [3.63, 3.8) is 0 Å². The van der Waals surface area contributed by atoms with Crippen LogP contribution in [0.3, 0.4) is 0 Å². The van der Waals surface area contributed by atoms with Crippen molar-refractivity contribution >= 4 is 37.5 Å². The van der Waals surface area contributed by atoms with Crippen molar-refractivity contribution in [2.75, 3.05) is 32.8 Å². The molecule has 0 spiro atoms. The number of aryl methyl sites for hydroxylation is 2. The third-order valence-electron chi connectivity index (χ3n) is 5.67. The number of carbonyl (C=O) groups excluding carboxylic acids is 1. The smallest absolute Gasteiger partial charge is 0.308 e. The van der Waals surface area contributed by atoms with Crippen molar-refractivity contribution in [2.45, 2.75) is 31.7 Å². The summed E-state index contributed by atoms with van der Waals surface area (Å²) in [6.07, 6.45) is 0.824. The van der Waals surface area contributed by atoms with Crippen LogP contribution in [0, 0.1) is 6.92 Å². The highest BCUT2D eigenvalue weighted by atomic mass is 32.2. The maximum Gasteiger partial charge on any atom is 0.308 e. The monoisotopic (exact) mass is 489 g/mol. The number of aromatic nitrogens is 1. The molecule has 1 aliphatic rings. The fourth-order valence-electron chi connectivity index (χ4n) is 3.91. The number of hydrogen-bond donors (Lipinski definition) is 0. The van der Waals surface area contributed by atoms with Crippen LogP contribution in [-0.4, -0.2) is 60.9 Å². The summed E-state index contributed by atoms with van der Waals surface area (Å²) in [5.41, 5.74) is 1.81. The second-order valence-corrected chi connectivity index (χ2v) is 11.0. The lowest BCUT2D eigenvalue weighted by Gasteiger charge is -2.34. The summed E-state index contributed by atoms with van der Waals surface area (Å²) in [5, 5.41) is 0. The van der Waals surface area contributed by atoms with Gasteiger partial charge in [0.05, 0.1) is 15.1 Å². The normalized spacial score (nSPS) is 15.2. The van der Waals surface area contributed by atoms with E-state index in [1.807, 2.05) is 32.0 Å². The highest BCUT2D eigenvalue weighted by Gasteiger charge is 2.30. The zero-order valence-electron chi connectivity index (χ0n) is 18.7. The van der Waals surface area contributed by atoms with Gasteiger partial charge in [0.1, 0.15) is 5.75 Å². The van der Waals surface area contributed by atoms with Crippen LogP contribution in [0.25, 0.3) is 10.2 Å². The fourth-order valence-corrected chi connectivity index (χ4v) is 6.39. The highest BCUT2D eigenvalue weighted by molar-refractivity contribution is 7.89. The first-order chi connectivity index (χ1) is 15.8. The standard InChI is InChI=1S/C23H27N3O5S2/c1-3-9-26-20-8-7-19(15-21(20)32-23(26)28)33(29,30)25-12-10-24(11-13-25)22(27)16-31-18-6-4-5-17(2)14-18/h4-8,14-15H,3,9-13,16H2,1-2H3. The molecule has 10 heteroatoms. The van der Waals surface area contributed by atoms with Crippen molar-refractivity contribution < 1.29 is 17.9 Å². The maximum absolute atomic E-state index is 13.2. The van der Waals surface area contributed by atoms with E-state index in [1.54, 1.807) is 33.7 Å². The first kappa shape index (κ1) is 23.5. The molecule has 1 amide bonds. The van der Waals surface area contributed by atoms with Crippen LogP contribution in [0.2, 0.25) is 0 Å². The summed E-state index contributed by atoms with van der Waals surface area (Å²) in [4.78, 5) is 26.5. The number of thiazole rings is 1. The Morgan fingerprint density at radius 3 is 2.55 bits per heavy atom. The van der Waals surface area contributed by atoms with Gasteiger partial charge in [0.15, 0.2) is 6.61 Å².